The van der Waals surface area contributed by atoms with Gasteiger partial charge in [-0.3, -0.25) is 0 Å². The summed E-state index contributed by atoms with van der Waals surface area (Å²) < 4.78 is 0. The van der Waals surface area contributed by atoms with Crippen LogP contribution in [0.15, 0.2) is 78.4 Å². The number of benzene rings is 3. The Morgan fingerprint density at radius 3 is 2.48 bits per heavy atom. The molecular weight excluding hydrogens is 330 g/mol. The molecule has 1 aliphatic rings. The van der Waals surface area contributed by atoms with Crippen molar-refractivity contribution in [3.05, 3.63) is 89.5 Å². The topological polar surface area (TPSA) is 23.5 Å². The zero-order valence-corrected chi connectivity index (χ0v) is 15.9. The summed E-state index contributed by atoms with van der Waals surface area (Å²) in [4.78, 5) is 2.20. The van der Waals surface area contributed by atoms with E-state index in [1.807, 2.05) is 12.1 Å². The molecule has 2 nitrogen and oxygen atoms in total. The van der Waals surface area contributed by atoms with Gasteiger partial charge in [0.1, 0.15) is 0 Å². The van der Waals surface area contributed by atoms with Gasteiger partial charge in [-0.15, -0.1) is 0 Å². The first-order chi connectivity index (χ1) is 13.2. The van der Waals surface area contributed by atoms with E-state index in [4.69, 9.17) is 0 Å². The average Bonchev–Trinajstić information content (AvgIpc) is 3.14. The Morgan fingerprint density at radius 1 is 0.889 bits per heavy atom. The summed E-state index contributed by atoms with van der Waals surface area (Å²) in [6.07, 6.45) is 5.61. The average molecular weight is 355 g/mol. The summed E-state index contributed by atoms with van der Waals surface area (Å²) in [6.45, 7) is 1.00. The van der Waals surface area contributed by atoms with Gasteiger partial charge in [0.25, 0.3) is 0 Å². The van der Waals surface area contributed by atoms with Crippen LogP contribution in [-0.4, -0.2) is 30.6 Å². The smallest absolute Gasteiger partial charge is 0.0687 e. The van der Waals surface area contributed by atoms with E-state index in [1.165, 1.54) is 33.0 Å². The molecule has 136 valence electrons. The van der Waals surface area contributed by atoms with Gasteiger partial charge < -0.3 is 10.0 Å². The lowest BCUT2D eigenvalue weighted by molar-refractivity contribution is 0.282. The highest BCUT2D eigenvalue weighted by Gasteiger charge is 2.18. The lowest BCUT2D eigenvalue weighted by Gasteiger charge is -2.17. The highest BCUT2D eigenvalue weighted by Crippen LogP contribution is 2.40. The van der Waals surface area contributed by atoms with Gasteiger partial charge in [0.05, 0.1) is 6.61 Å². The van der Waals surface area contributed by atoms with Crippen LogP contribution in [-0.2, 0) is 6.61 Å². The summed E-state index contributed by atoms with van der Waals surface area (Å²) in [5.74, 6) is 0. The predicted octanol–water partition coefficient (Wildman–Crippen LogP) is 5.27. The van der Waals surface area contributed by atoms with E-state index in [0.29, 0.717) is 0 Å². The second kappa shape index (κ2) is 7.51. The monoisotopic (exact) mass is 355 g/mol. The predicted molar refractivity (Wildman–Crippen MR) is 115 cm³/mol. The normalized spacial score (nSPS) is 13.9. The van der Waals surface area contributed by atoms with E-state index >= 15 is 0 Å². The van der Waals surface area contributed by atoms with Crippen LogP contribution < -0.4 is 0 Å². The zero-order chi connectivity index (χ0) is 18.8. The van der Waals surface area contributed by atoms with Crippen LogP contribution in [0.3, 0.4) is 0 Å². The Hall–Kier alpha value is -2.68. The molecule has 0 saturated heterocycles. The number of likely N-dealkylation sites (N-methyl/N-ethyl adjacent to an activating group) is 1. The van der Waals surface area contributed by atoms with E-state index in [2.05, 4.69) is 79.7 Å². The Bertz CT molecular complexity index is 1040. The van der Waals surface area contributed by atoms with Crippen molar-refractivity contribution in [1.82, 2.24) is 4.90 Å². The van der Waals surface area contributed by atoms with E-state index in [0.717, 1.165) is 24.1 Å². The molecule has 0 unspecified atom stereocenters. The molecule has 0 atom stereocenters. The van der Waals surface area contributed by atoms with Crippen LogP contribution in [0.1, 0.15) is 17.5 Å². The van der Waals surface area contributed by atoms with Gasteiger partial charge in [0.15, 0.2) is 0 Å². The second-order valence-electron chi connectivity index (χ2n) is 7.42. The Labute approximate surface area is 161 Å². The molecule has 1 N–H and O–H groups in total. The third-order valence-corrected chi connectivity index (χ3v) is 5.17. The van der Waals surface area contributed by atoms with Crippen LogP contribution in [0.2, 0.25) is 0 Å². The largest absolute Gasteiger partial charge is 0.392 e. The van der Waals surface area contributed by atoms with Gasteiger partial charge in [0, 0.05) is 6.54 Å². The summed E-state index contributed by atoms with van der Waals surface area (Å²) in [7, 11) is 4.21. The Kier molecular flexibility index (Phi) is 4.93. The van der Waals surface area contributed by atoms with Crippen molar-refractivity contribution in [2.75, 3.05) is 20.6 Å². The van der Waals surface area contributed by atoms with Gasteiger partial charge in [0.2, 0.25) is 0 Å². The van der Waals surface area contributed by atoms with E-state index in [-0.39, 0.29) is 6.61 Å². The van der Waals surface area contributed by atoms with Crippen LogP contribution >= 0.6 is 0 Å². The number of hydrogen-bond acceptors (Lipinski definition) is 2. The molecule has 4 rings (SSSR count). The standard InChI is InChI=1S/C25H25NO/c1-26(2)16-18-11-12-20(15-18)24-14-13-19-7-3-5-9-22(19)25(24)23-10-6-4-8-21(23)17-27/h3-11,13-15,27H,12,16-17H2,1-2H3. The van der Waals surface area contributed by atoms with E-state index in [9.17, 15) is 5.11 Å². The molecule has 27 heavy (non-hydrogen) atoms. The summed E-state index contributed by atoms with van der Waals surface area (Å²) in [5.41, 5.74) is 7.29. The maximum atomic E-state index is 9.92. The first kappa shape index (κ1) is 17.7. The minimum absolute atomic E-state index is 0.0437. The number of allylic oxidation sites excluding steroid dienone is 2. The number of fused-ring (bicyclic) bond motifs is 1. The van der Waals surface area contributed by atoms with Crippen molar-refractivity contribution >= 4 is 16.3 Å². The molecule has 0 aliphatic heterocycles. The van der Waals surface area contributed by atoms with Crippen LogP contribution in [0.25, 0.3) is 27.5 Å². The summed E-state index contributed by atoms with van der Waals surface area (Å²) in [6, 6.07) is 21.1. The molecule has 3 aromatic carbocycles. The molecule has 0 radical (unpaired) electrons. The van der Waals surface area contributed by atoms with Gasteiger partial charge in [-0.1, -0.05) is 72.8 Å². The lowest BCUT2D eigenvalue weighted by Crippen LogP contribution is -2.13. The molecule has 0 aromatic heterocycles. The summed E-state index contributed by atoms with van der Waals surface area (Å²) in [5, 5.41) is 12.4. The number of aliphatic hydroxyl groups excluding tert-OH is 1. The molecule has 0 saturated carbocycles. The van der Waals surface area contributed by atoms with Crippen LogP contribution in [0.5, 0.6) is 0 Å². The van der Waals surface area contributed by atoms with Crippen molar-refractivity contribution in [2.45, 2.75) is 13.0 Å². The fourth-order valence-electron chi connectivity index (χ4n) is 3.98. The molecule has 1 aliphatic carbocycles. The van der Waals surface area contributed by atoms with E-state index < -0.39 is 0 Å². The van der Waals surface area contributed by atoms with Gasteiger partial charge in [-0.05, 0) is 64.7 Å². The van der Waals surface area contributed by atoms with E-state index in [1.54, 1.807) is 0 Å². The van der Waals surface area contributed by atoms with Gasteiger partial charge >= 0.3 is 0 Å². The molecule has 0 amide bonds. The van der Waals surface area contributed by atoms with Crippen molar-refractivity contribution in [2.24, 2.45) is 0 Å². The molecule has 0 spiro atoms. The lowest BCUT2D eigenvalue weighted by atomic mass is 9.87. The zero-order valence-electron chi connectivity index (χ0n) is 15.9. The highest BCUT2D eigenvalue weighted by atomic mass is 16.3. The van der Waals surface area contributed by atoms with Crippen molar-refractivity contribution in [3.8, 4) is 11.1 Å². The van der Waals surface area contributed by atoms with Crippen LogP contribution in [0.4, 0.5) is 0 Å². The fraction of sp³-hybridized carbons (Fsp3) is 0.200. The number of rotatable bonds is 5. The third kappa shape index (κ3) is 3.46. The van der Waals surface area contributed by atoms with Crippen molar-refractivity contribution in [3.63, 3.8) is 0 Å². The molecule has 0 fully saturated rings. The quantitative estimate of drug-likeness (QED) is 0.673. The summed E-state index contributed by atoms with van der Waals surface area (Å²) >= 11 is 0. The molecule has 3 aromatic rings. The van der Waals surface area contributed by atoms with Gasteiger partial charge in [-0.25, -0.2) is 0 Å². The minimum atomic E-state index is 0.0437. The van der Waals surface area contributed by atoms with Crippen LogP contribution in [0, 0.1) is 0 Å². The Morgan fingerprint density at radius 2 is 1.67 bits per heavy atom. The second-order valence-corrected chi connectivity index (χ2v) is 7.42. The number of nitrogens with zero attached hydrogens (tertiary/aromatic N) is 1. The molecule has 2 heteroatoms. The molecule has 0 bridgehead atoms. The minimum Gasteiger partial charge on any atom is -0.392 e. The third-order valence-electron chi connectivity index (χ3n) is 5.17. The molecule has 0 heterocycles. The van der Waals surface area contributed by atoms with Gasteiger partial charge in [-0.2, -0.15) is 0 Å². The first-order valence-corrected chi connectivity index (χ1v) is 9.43. The van der Waals surface area contributed by atoms with Crippen molar-refractivity contribution < 1.29 is 5.11 Å². The number of aliphatic hydroxyl groups is 1. The Balaban J connectivity index is 1.92. The SMILES string of the molecule is CN(C)CC1=CCC(c2ccc3ccccc3c2-c2ccccc2CO)=C1. The highest BCUT2D eigenvalue weighted by molar-refractivity contribution is 6.03. The fourth-order valence-corrected chi connectivity index (χ4v) is 3.98. The first-order valence-electron chi connectivity index (χ1n) is 9.43. The maximum Gasteiger partial charge on any atom is 0.0687 e. The maximum absolute atomic E-state index is 9.92. The van der Waals surface area contributed by atoms with Crippen molar-refractivity contribution in [1.29, 1.82) is 0 Å². The molecular formula is C25H25NO. The number of hydrogen-bond donors (Lipinski definition) is 1.